The fraction of sp³-hybridized carbons (Fsp3) is 0.500. The maximum Gasteiger partial charge on any atom is 0.262 e. The summed E-state index contributed by atoms with van der Waals surface area (Å²) in [4.78, 5) is 29.7. The normalized spacial score (nSPS) is 12.5. The number of amides is 1. The van der Waals surface area contributed by atoms with E-state index in [1.807, 2.05) is 32.9 Å². The van der Waals surface area contributed by atoms with Gasteiger partial charge in [0.15, 0.2) is 5.16 Å². The molecule has 26 heavy (non-hydrogen) atoms. The topological polar surface area (TPSA) is 73.2 Å². The number of carbonyl (C=O) groups is 1. The van der Waals surface area contributed by atoms with Crippen molar-refractivity contribution in [1.82, 2.24) is 14.9 Å². The van der Waals surface area contributed by atoms with Gasteiger partial charge in [-0.1, -0.05) is 41.5 Å². The first-order valence-corrected chi connectivity index (χ1v) is 10.2. The molecule has 6 nitrogen and oxygen atoms in total. The van der Waals surface area contributed by atoms with E-state index in [4.69, 9.17) is 4.74 Å². The van der Waals surface area contributed by atoms with Gasteiger partial charge in [0.1, 0.15) is 0 Å². The molecule has 1 amide bonds. The third-order valence-corrected chi connectivity index (χ3v) is 5.05. The van der Waals surface area contributed by atoms with Gasteiger partial charge in [-0.25, -0.2) is 4.98 Å². The summed E-state index contributed by atoms with van der Waals surface area (Å²) in [6, 6.07) is 5.39. The maximum atomic E-state index is 12.9. The Labute approximate surface area is 165 Å². The van der Waals surface area contributed by atoms with E-state index in [1.165, 1.54) is 11.8 Å². The Morgan fingerprint density at radius 1 is 1.38 bits per heavy atom. The van der Waals surface area contributed by atoms with Crippen LogP contribution in [-0.4, -0.2) is 41.0 Å². The van der Waals surface area contributed by atoms with E-state index in [2.05, 4.69) is 26.2 Å². The Bertz CT molecular complexity index is 838. The summed E-state index contributed by atoms with van der Waals surface area (Å²) >= 11 is 4.68. The number of benzene rings is 1. The van der Waals surface area contributed by atoms with Crippen LogP contribution in [0.1, 0.15) is 20.8 Å². The molecular formula is C18H24BrN3O3S. The molecule has 0 aliphatic carbocycles. The number of carbonyl (C=O) groups excluding carboxylic acids is 1. The number of nitrogens with one attached hydrogen (secondary N) is 1. The smallest absolute Gasteiger partial charge is 0.262 e. The van der Waals surface area contributed by atoms with Gasteiger partial charge in [0.2, 0.25) is 5.91 Å². The van der Waals surface area contributed by atoms with Crippen LogP contribution in [0.25, 0.3) is 10.9 Å². The number of aromatic nitrogens is 2. The zero-order valence-corrected chi connectivity index (χ0v) is 17.8. The third-order valence-electron chi connectivity index (χ3n) is 3.59. The van der Waals surface area contributed by atoms with Gasteiger partial charge in [-0.3, -0.25) is 14.2 Å². The van der Waals surface area contributed by atoms with Crippen molar-refractivity contribution in [2.75, 3.05) is 19.5 Å². The second-order valence-corrected chi connectivity index (χ2v) is 8.44. The van der Waals surface area contributed by atoms with Gasteiger partial charge in [0, 0.05) is 24.2 Å². The zero-order valence-electron chi connectivity index (χ0n) is 15.4. The molecule has 1 heterocycles. The highest BCUT2D eigenvalue weighted by molar-refractivity contribution is 9.10. The maximum absolute atomic E-state index is 12.9. The van der Waals surface area contributed by atoms with E-state index in [1.54, 1.807) is 17.7 Å². The number of fused-ring (bicyclic) bond motifs is 1. The summed E-state index contributed by atoms with van der Waals surface area (Å²) in [7, 11) is 1.60. The fourth-order valence-corrected chi connectivity index (χ4v) is 3.73. The second kappa shape index (κ2) is 9.53. The van der Waals surface area contributed by atoms with Crippen LogP contribution < -0.4 is 10.9 Å². The summed E-state index contributed by atoms with van der Waals surface area (Å²) in [6.45, 7) is 6.99. The Morgan fingerprint density at radius 3 is 2.77 bits per heavy atom. The molecule has 1 N–H and O–H groups in total. The van der Waals surface area contributed by atoms with Crippen LogP contribution >= 0.6 is 27.7 Å². The van der Waals surface area contributed by atoms with Crippen molar-refractivity contribution in [3.05, 3.63) is 33.0 Å². The van der Waals surface area contributed by atoms with Gasteiger partial charge in [-0.15, -0.1) is 0 Å². The van der Waals surface area contributed by atoms with Gasteiger partial charge in [0.25, 0.3) is 5.56 Å². The van der Waals surface area contributed by atoms with E-state index in [-0.39, 0.29) is 29.2 Å². The van der Waals surface area contributed by atoms with Gasteiger partial charge in [-0.05, 0) is 31.0 Å². The number of halogens is 1. The number of ether oxygens (including phenoxy) is 1. The van der Waals surface area contributed by atoms with Crippen molar-refractivity contribution in [3.8, 4) is 0 Å². The first kappa shape index (κ1) is 20.9. The molecule has 2 aromatic rings. The van der Waals surface area contributed by atoms with Crippen molar-refractivity contribution >= 4 is 44.5 Å². The molecule has 0 saturated heterocycles. The van der Waals surface area contributed by atoms with Gasteiger partial charge in [0.05, 0.1) is 23.3 Å². The van der Waals surface area contributed by atoms with Crippen LogP contribution in [0.5, 0.6) is 0 Å². The summed E-state index contributed by atoms with van der Waals surface area (Å²) < 4.78 is 7.52. The average molecular weight is 442 g/mol. The van der Waals surface area contributed by atoms with Crippen molar-refractivity contribution in [2.45, 2.75) is 38.5 Å². The van der Waals surface area contributed by atoms with Crippen molar-refractivity contribution in [1.29, 1.82) is 0 Å². The number of nitrogens with zero attached hydrogens (tertiary/aromatic N) is 2. The number of methoxy groups -OCH3 is 1. The summed E-state index contributed by atoms with van der Waals surface area (Å²) in [6.07, 6.45) is 0. The lowest BCUT2D eigenvalue weighted by Gasteiger charge is -2.16. The van der Waals surface area contributed by atoms with Gasteiger partial charge >= 0.3 is 0 Å². The second-order valence-electron chi connectivity index (χ2n) is 6.58. The fourth-order valence-electron chi connectivity index (χ4n) is 2.55. The van der Waals surface area contributed by atoms with Crippen LogP contribution in [0, 0.1) is 5.92 Å². The van der Waals surface area contributed by atoms with E-state index in [9.17, 15) is 9.59 Å². The number of rotatable bonds is 8. The lowest BCUT2D eigenvalue weighted by molar-refractivity contribution is -0.119. The van der Waals surface area contributed by atoms with E-state index < -0.39 is 0 Å². The van der Waals surface area contributed by atoms with E-state index in [0.29, 0.717) is 29.2 Å². The van der Waals surface area contributed by atoms with Crippen molar-refractivity contribution in [2.24, 2.45) is 5.92 Å². The van der Waals surface area contributed by atoms with Crippen LogP contribution in [-0.2, 0) is 16.1 Å². The lowest BCUT2D eigenvalue weighted by atomic mass is 10.2. The first-order valence-electron chi connectivity index (χ1n) is 8.43. The third kappa shape index (κ3) is 5.56. The minimum Gasteiger partial charge on any atom is -0.383 e. The highest BCUT2D eigenvalue weighted by atomic mass is 79.9. The molecule has 0 radical (unpaired) electrons. The molecule has 142 valence electrons. The number of hydrogen-bond donors (Lipinski definition) is 1. The molecule has 0 spiro atoms. The standard InChI is InChI=1S/C18H24BrN3O3S/c1-11(2)8-22-17(24)14-7-13(19)5-6-15(14)21-18(22)26-10-16(23)20-12(3)9-25-4/h5-7,11-12H,8-10H2,1-4H3,(H,20,23). The Kier molecular flexibility index (Phi) is 7.67. The molecule has 2 rings (SSSR count). The predicted octanol–water partition coefficient (Wildman–Crippen LogP) is 3.06. The highest BCUT2D eigenvalue weighted by Crippen LogP contribution is 2.21. The Morgan fingerprint density at radius 2 is 2.12 bits per heavy atom. The van der Waals surface area contributed by atoms with Gasteiger partial charge in [-0.2, -0.15) is 0 Å². The quantitative estimate of drug-likeness (QED) is 0.503. The summed E-state index contributed by atoms with van der Waals surface area (Å²) in [5, 5.41) is 4.00. The first-order chi connectivity index (χ1) is 12.3. The molecule has 1 aromatic carbocycles. The molecule has 1 unspecified atom stereocenters. The lowest BCUT2D eigenvalue weighted by Crippen LogP contribution is -2.37. The summed E-state index contributed by atoms with van der Waals surface area (Å²) in [5.41, 5.74) is 0.550. The summed E-state index contributed by atoms with van der Waals surface area (Å²) in [5.74, 6) is 0.371. The molecule has 1 atom stereocenters. The van der Waals surface area contributed by atoms with Crippen LogP contribution in [0.4, 0.5) is 0 Å². The minimum absolute atomic E-state index is 0.0622. The van der Waals surface area contributed by atoms with Gasteiger partial charge < -0.3 is 10.1 Å². The number of hydrogen-bond acceptors (Lipinski definition) is 5. The molecule has 0 saturated carbocycles. The zero-order chi connectivity index (χ0) is 19.3. The Hall–Kier alpha value is -1.38. The van der Waals surface area contributed by atoms with Crippen molar-refractivity contribution in [3.63, 3.8) is 0 Å². The van der Waals surface area contributed by atoms with Crippen LogP contribution in [0.3, 0.4) is 0 Å². The molecule has 0 aliphatic heterocycles. The van der Waals surface area contributed by atoms with Crippen LogP contribution in [0.2, 0.25) is 0 Å². The average Bonchev–Trinajstić information content (AvgIpc) is 2.56. The van der Waals surface area contributed by atoms with Crippen LogP contribution in [0.15, 0.2) is 32.6 Å². The number of thioether (sulfide) groups is 1. The van der Waals surface area contributed by atoms with Crippen molar-refractivity contribution < 1.29 is 9.53 Å². The molecule has 0 bridgehead atoms. The largest absolute Gasteiger partial charge is 0.383 e. The minimum atomic E-state index is -0.110. The monoisotopic (exact) mass is 441 g/mol. The predicted molar refractivity (Wildman–Crippen MR) is 109 cm³/mol. The molecule has 0 fully saturated rings. The molecular weight excluding hydrogens is 418 g/mol. The molecule has 0 aliphatic rings. The SMILES string of the molecule is COCC(C)NC(=O)CSc1nc2ccc(Br)cc2c(=O)n1CC(C)C. The molecule has 8 heteroatoms. The highest BCUT2D eigenvalue weighted by Gasteiger charge is 2.15. The Balaban J connectivity index is 2.28. The molecule has 1 aromatic heterocycles. The van der Waals surface area contributed by atoms with E-state index in [0.717, 1.165) is 4.47 Å². The van der Waals surface area contributed by atoms with E-state index >= 15 is 0 Å².